The molecule has 1 saturated heterocycles. The third kappa shape index (κ3) is 3.92. The van der Waals surface area contributed by atoms with Crippen molar-refractivity contribution in [1.82, 2.24) is 24.2 Å². The lowest BCUT2D eigenvalue weighted by atomic mass is 10.1. The molecule has 6 nitrogen and oxygen atoms in total. The number of carbonyl (C=O) groups excluding carboxylic acids is 1. The molecule has 0 radical (unpaired) electrons. The minimum atomic E-state index is 0.0858. The summed E-state index contributed by atoms with van der Waals surface area (Å²) in [5.41, 5.74) is 5.25. The van der Waals surface area contributed by atoms with Crippen LogP contribution in [0, 0.1) is 0 Å². The van der Waals surface area contributed by atoms with Crippen LogP contribution in [0.3, 0.4) is 0 Å². The Bertz CT molecular complexity index is 1230. The van der Waals surface area contributed by atoms with Gasteiger partial charge >= 0.3 is 0 Å². The van der Waals surface area contributed by atoms with Gasteiger partial charge in [0.2, 0.25) is 0 Å². The second-order valence-corrected chi connectivity index (χ2v) is 8.26. The molecule has 1 aliphatic rings. The van der Waals surface area contributed by atoms with Crippen LogP contribution < -0.4 is 0 Å². The molecule has 2 aromatic heterocycles. The molecule has 0 unspecified atom stereocenters. The standard InChI is InChI=1S/C24H22ClN5O/c1-28-10-12-29(13-11-28)24(31)19-4-2-17(3-5-19)21-16-30-22(14-27-23(30)15-26-21)18-6-8-20(25)9-7-18/h2-9,14-16H,10-13H2,1H3. The molecular formula is C24H22ClN5O. The fraction of sp³-hybridized carbons (Fsp3) is 0.208. The molecule has 2 aromatic carbocycles. The number of imidazole rings is 1. The molecule has 5 rings (SSSR count). The summed E-state index contributed by atoms with van der Waals surface area (Å²) in [6.45, 7) is 3.36. The maximum absolute atomic E-state index is 12.8. The van der Waals surface area contributed by atoms with Gasteiger partial charge in [0.15, 0.2) is 5.65 Å². The van der Waals surface area contributed by atoms with Gasteiger partial charge in [-0.25, -0.2) is 4.98 Å². The number of halogens is 1. The molecule has 0 spiro atoms. The Kier molecular flexibility index (Phi) is 5.18. The first-order valence-electron chi connectivity index (χ1n) is 10.3. The Morgan fingerprint density at radius 1 is 0.871 bits per heavy atom. The van der Waals surface area contributed by atoms with Gasteiger partial charge in [0.25, 0.3) is 5.91 Å². The molecule has 4 aromatic rings. The van der Waals surface area contributed by atoms with E-state index in [4.69, 9.17) is 11.6 Å². The zero-order chi connectivity index (χ0) is 21.4. The van der Waals surface area contributed by atoms with Crippen molar-refractivity contribution in [2.45, 2.75) is 0 Å². The summed E-state index contributed by atoms with van der Waals surface area (Å²) >= 11 is 6.03. The van der Waals surface area contributed by atoms with Crippen LogP contribution in [-0.2, 0) is 0 Å². The van der Waals surface area contributed by atoms with Crippen molar-refractivity contribution in [2.75, 3.05) is 33.2 Å². The molecule has 1 amide bonds. The molecule has 0 N–H and O–H groups in total. The van der Waals surface area contributed by atoms with Crippen LogP contribution in [0.2, 0.25) is 5.02 Å². The van der Waals surface area contributed by atoms with Crippen LogP contribution in [-0.4, -0.2) is 63.3 Å². The second kappa shape index (κ2) is 8.13. The maximum atomic E-state index is 12.8. The lowest BCUT2D eigenvalue weighted by Gasteiger charge is -2.32. The normalized spacial score (nSPS) is 14.8. The zero-order valence-corrected chi connectivity index (χ0v) is 18.0. The minimum Gasteiger partial charge on any atom is -0.336 e. The van der Waals surface area contributed by atoms with Crippen molar-refractivity contribution in [3.8, 4) is 22.5 Å². The molecule has 0 saturated carbocycles. The predicted molar refractivity (Wildman–Crippen MR) is 122 cm³/mol. The second-order valence-electron chi connectivity index (χ2n) is 7.82. The maximum Gasteiger partial charge on any atom is 0.253 e. The van der Waals surface area contributed by atoms with Crippen LogP contribution in [0.15, 0.2) is 67.1 Å². The summed E-state index contributed by atoms with van der Waals surface area (Å²) in [6.07, 6.45) is 5.57. The van der Waals surface area contributed by atoms with E-state index < -0.39 is 0 Å². The number of piperazine rings is 1. The number of fused-ring (bicyclic) bond motifs is 1. The van der Waals surface area contributed by atoms with Crippen molar-refractivity contribution in [1.29, 1.82) is 0 Å². The number of hydrogen-bond donors (Lipinski definition) is 0. The van der Waals surface area contributed by atoms with Crippen molar-refractivity contribution in [3.05, 3.63) is 77.7 Å². The Morgan fingerprint density at radius 3 is 2.26 bits per heavy atom. The van der Waals surface area contributed by atoms with E-state index in [9.17, 15) is 4.79 Å². The lowest BCUT2D eigenvalue weighted by Crippen LogP contribution is -2.47. The summed E-state index contributed by atoms with van der Waals surface area (Å²) in [5, 5.41) is 0.700. The number of carbonyl (C=O) groups is 1. The highest BCUT2D eigenvalue weighted by Gasteiger charge is 2.20. The Balaban J connectivity index is 1.42. The fourth-order valence-electron chi connectivity index (χ4n) is 3.85. The number of aromatic nitrogens is 3. The first kappa shape index (κ1) is 19.7. The SMILES string of the molecule is CN1CCN(C(=O)c2ccc(-c3cn4c(-c5ccc(Cl)cc5)cnc4cn3)cc2)CC1. The van der Waals surface area contributed by atoms with Gasteiger partial charge in [-0.1, -0.05) is 35.9 Å². The highest BCUT2D eigenvalue weighted by molar-refractivity contribution is 6.30. The van der Waals surface area contributed by atoms with E-state index in [1.807, 2.05) is 70.2 Å². The van der Waals surface area contributed by atoms with Crippen LogP contribution in [0.4, 0.5) is 0 Å². The number of amides is 1. The largest absolute Gasteiger partial charge is 0.336 e. The van der Waals surface area contributed by atoms with Gasteiger partial charge in [0, 0.05) is 54.1 Å². The fourth-order valence-corrected chi connectivity index (χ4v) is 3.97. The predicted octanol–water partition coefficient (Wildman–Crippen LogP) is 4.10. The molecule has 0 aliphatic carbocycles. The highest BCUT2D eigenvalue weighted by Crippen LogP contribution is 2.25. The van der Waals surface area contributed by atoms with Crippen LogP contribution >= 0.6 is 11.6 Å². The summed E-state index contributed by atoms with van der Waals surface area (Å²) < 4.78 is 2.02. The monoisotopic (exact) mass is 431 g/mol. The third-order valence-corrected chi connectivity index (χ3v) is 6.01. The van der Waals surface area contributed by atoms with E-state index >= 15 is 0 Å². The van der Waals surface area contributed by atoms with E-state index in [1.54, 1.807) is 6.20 Å². The molecular weight excluding hydrogens is 410 g/mol. The van der Waals surface area contributed by atoms with Gasteiger partial charge in [-0.2, -0.15) is 0 Å². The van der Waals surface area contributed by atoms with Crippen LogP contribution in [0.25, 0.3) is 28.2 Å². The molecule has 1 aliphatic heterocycles. The molecule has 156 valence electrons. The molecule has 7 heteroatoms. The van der Waals surface area contributed by atoms with E-state index in [1.165, 1.54) is 0 Å². The van der Waals surface area contributed by atoms with Crippen molar-refractivity contribution < 1.29 is 4.79 Å². The van der Waals surface area contributed by atoms with E-state index in [0.717, 1.165) is 54.3 Å². The molecule has 31 heavy (non-hydrogen) atoms. The van der Waals surface area contributed by atoms with E-state index in [2.05, 4.69) is 21.9 Å². The lowest BCUT2D eigenvalue weighted by molar-refractivity contribution is 0.0664. The molecule has 3 heterocycles. The van der Waals surface area contributed by atoms with Crippen LogP contribution in [0.5, 0.6) is 0 Å². The average molecular weight is 432 g/mol. The van der Waals surface area contributed by atoms with Gasteiger partial charge in [0.1, 0.15) is 0 Å². The molecule has 0 bridgehead atoms. The smallest absolute Gasteiger partial charge is 0.253 e. The average Bonchev–Trinajstić information content (AvgIpc) is 3.23. The third-order valence-electron chi connectivity index (χ3n) is 5.75. The first-order chi connectivity index (χ1) is 15.1. The van der Waals surface area contributed by atoms with Crippen molar-refractivity contribution in [3.63, 3.8) is 0 Å². The van der Waals surface area contributed by atoms with Gasteiger partial charge in [-0.15, -0.1) is 0 Å². The topological polar surface area (TPSA) is 53.7 Å². The Morgan fingerprint density at radius 2 is 1.55 bits per heavy atom. The first-order valence-corrected chi connectivity index (χ1v) is 10.6. The number of benzene rings is 2. The van der Waals surface area contributed by atoms with Gasteiger partial charge < -0.3 is 9.80 Å². The van der Waals surface area contributed by atoms with Crippen molar-refractivity contribution in [2.24, 2.45) is 0 Å². The molecule has 0 atom stereocenters. The number of likely N-dealkylation sites (N-methyl/N-ethyl adjacent to an activating group) is 1. The summed E-state index contributed by atoms with van der Waals surface area (Å²) in [7, 11) is 2.08. The van der Waals surface area contributed by atoms with Crippen LogP contribution in [0.1, 0.15) is 10.4 Å². The van der Waals surface area contributed by atoms with Gasteiger partial charge in [-0.3, -0.25) is 14.2 Å². The quantitative estimate of drug-likeness (QED) is 0.490. The summed E-state index contributed by atoms with van der Waals surface area (Å²) in [6, 6.07) is 15.4. The van der Waals surface area contributed by atoms with E-state index in [0.29, 0.717) is 10.6 Å². The number of nitrogens with zero attached hydrogens (tertiary/aromatic N) is 5. The van der Waals surface area contributed by atoms with Gasteiger partial charge in [-0.05, 0) is 31.3 Å². The summed E-state index contributed by atoms with van der Waals surface area (Å²) in [4.78, 5) is 26.0. The minimum absolute atomic E-state index is 0.0858. The number of hydrogen-bond acceptors (Lipinski definition) is 4. The molecule has 1 fully saturated rings. The zero-order valence-electron chi connectivity index (χ0n) is 17.2. The number of rotatable bonds is 3. The van der Waals surface area contributed by atoms with Gasteiger partial charge in [0.05, 0.1) is 23.8 Å². The van der Waals surface area contributed by atoms with Crippen molar-refractivity contribution >= 4 is 23.2 Å². The Labute approximate surface area is 185 Å². The highest BCUT2D eigenvalue weighted by atomic mass is 35.5. The summed E-state index contributed by atoms with van der Waals surface area (Å²) in [5.74, 6) is 0.0858. The van der Waals surface area contributed by atoms with E-state index in [-0.39, 0.29) is 5.91 Å². The Hall–Kier alpha value is -3.22.